The van der Waals surface area contributed by atoms with Crippen molar-refractivity contribution < 1.29 is 4.79 Å². The van der Waals surface area contributed by atoms with Crippen LogP contribution in [0, 0.1) is 18.8 Å². The standard InChI is InChI=1S/C13H11ClN4OS/c1-8-12(20-18-17-8)13(19)16-11-7-10(14)5-4-9(11)3-2-6-15/h4-5,7H,6,15H2,1H3,(H,16,19). The van der Waals surface area contributed by atoms with Crippen LogP contribution in [0.1, 0.15) is 20.9 Å². The highest BCUT2D eigenvalue weighted by molar-refractivity contribution is 7.08. The Labute approximate surface area is 125 Å². The van der Waals surface area contributed by atoms with Crippen molar-refractivity contribution in [1.82, 2.24) is 9.59 Å². The van der Waals surface area contributed by atoms with Gasteiger partial charge >= 0.3 is 0 Å². The number of carbonyl (C=O) groups excluding carboxylic acids is 1. The second-order valence-corrected chi connectivity index (χ2v) is 5.03. The molecule has 0 bridgehead atoms. The van der Waals surface area contributed by atoms with Gasteiger partial charge in [-0.25, -0.2) is 0 Å². The number of benzene rings is 1. The van der Waals surface area contributed by atoms with Gasteiger partial charge in [-0.15, -0.1) is 5.10 Å². The molecule has 0 aliphatic carbocycles. The highest BCUT2D eigenvalue weighted by Gasteiger charge is 2.14. The Bertz CT molecular complexity index is 702. The molecule has 102 valence electrons. The Balaban J connectivity index is 2.31. The number of rotatable bonds is 2. The number of amides is 1. The summed E-state index contributed by atoms with van der Waals surface area (Å²) in [6, 6.07) is 5.08. The molecule has 0 aliphatic rings. The molecular formula is C13H11ClN4OS. The Hall–Kier alpha value is -1.94. The molecule has 0 saturated heterocycles. The van der Waals surface area contributed by atoms with E-state index in [4.69, 9.17) is 17.3 Å². The number of nitrogens with two attached hydrogens (primary N) is 1. The lowest BCUT2D eigenvalue weighted by molar-refractivity contribution is 0.103. The van der Waals surface area contributed by atoms with Crippen molar-refractivity contribution in [1.29, 1.82) is 0 Å². The SMILES string of the molecule is Cc1nnsc1C(=O)Nc1cc(Cl)ccc1C#CCN. The molecule has 0 fully saturated rings. The minimum atomic E-state index is -0.282. The van der Waals surface area contributed by atoms with Crippen LogP contribution < -0.4 is 11.1 Å². The fourth-order valence-electron chi connectivity index (χ4n) is 1.49. The van der Waals surface area contributed by atoms with E-state index in [1.54, 1.807) is 25.1 Å². The number of hydrogen-bond donors (Lipinski definition) is 2. The predicted octanol–water partition coefficient (Wildman–Crippen LogP) is 2.06. The zero-order valence-corrected chi connectivity index (χ0v) is 12.2. The molecule has 0 saturated carbocycles. The van der Waals surface area contributed by atoms with Gasteiger partial charge in [-0.3, -0.25) is 4.79 Å². The Kier molecular flexibility index (Phi) is 4.69. The molecule has 7 heteroatoms. The van der Waals surface area contributed by atoms with Crippen LogP contribution in [0.25, 0.3) is 0 Å². The highest BCUT2D eigenvalue weighted by atomic mass is 35.5. The van der Waals surface area contributed by atoms with Crippen LogP contribution in [0.15, 0.2) is 18.2 Å². The molecule has 1 amide bonds. The lowest BCUT2D eigenvalue weighted by Crippen LogP contribution is -2.12. The van der Waals surface area contributed by atoms with Crippen molar-refractivity contribution in [2.24, 2.45) is 5.73 Å². The number of aromatic nitrogens is 2. The van der Waals surface area contributed by atoms with Crippen LogP contribution in [0.3, 0.4) is 0 Å². The van der Waals surface area contributed by atoms with Crippen LogP contribution in [0.4, 0.5) is 5.69 Å². The second kappa shape index (κ2) is 6.48. The fourth-order valence-corrected chi connectivity index (χ4v) is 2.22. The molecule has 1 heterocycles. The molecule has 5 nitrogen and oxygen atoms in total. The largest absolute Gasteiger partial charge is 0.320 e. The highest BCUT2D eigenvalue weighted by Crippen LogP contribution is 2.22. The number of anilines is 1. The summed E-state index contributed by atoms with van der Waals surface area (Å²) in [5.74, 6) is 5.35. The minimum Gasteiger partial charge on any atom is -0.320 e. The molecule has 0 radical (unpaired) electrons. The molecule has 0 spiro atoms. The van der Waals surface area contributed by atoms with Crippen LogP contribution in [-0.4, -0.2) is 22.0 Å². The summed E-state index contributed by atoms with van der Waals surface area (Å²) < 4.78 is 3.73. The van der Waals surface area contributed by atoms with Crippen molar-refractivity contribution in [3.8, 4) is 11.8 Å². The van der Waals surface area contributed by atoms with E-state index in [0.717, 1.165) is 11.5 Å². The summed E-state index contributed by atoms with van der Waals surface area (Å²) in [6.45, 7) is 1.97. The maximum atomic E-state index is 12.1. The van der Waals surface area contributed by atoms with Crippen LogP contribution in [0.2, 0.25) is 5.02 Å². The van der Waals surface area contributed by atoms with Gasteiger partial charge in [-0.2, -0.15) is 0 Å². The Morgan fingerprint density at radius 1 is 1.55 bits per heavy atom. The van der Waals surface area contributed by atoms with Gasteiger partial charge in [0, 0.05) is 10.6 Å². The van der Waals surface area contributed by atoms with E-state index in [2.05, 4.69) is 26.7 Å². The van der Waals surface area contributed by atoms with Gasteiger partial charge in [0.05, 0.1) is 17.9 Å². The molecule has 3 N–H and O–H groups in total. The van der Waals surface area contributed by atoms with Gasteiger partial charge in [-0.1, -0.05) is 27.9 Å². The predicted molar refractivity (Wildman–Crippen MR) is 80.0 cm³/mol. The minimum absolute atomic E-state index is 0.244. The van der Waals surface area contributed by atoms with Crippen LogP contribution in [-0.2, 0) is 0 Å². The van der Waals surface area contributed by atoms with Crippen molar-refractivity contribution in [2.45, 2.75) is 6.92 Å². The summed E-state index contributed by atoms with van der Waals surface area (Å²) >= 11 is 6.99. The van der Waals surface area contributed by atoms with E-state index in [0.29, 0.717) is 26.8 Å². The van der Waals surface area contributed by atoms with Gasteiger partial charge in [-0.05, 0) is 36.7 Å². The Morgan fingerprint density at radius 3 is 3.00 bits per heavy atom. The van der Waals surface area contributed by atoms with E-state index in [-0.39, 0.29) is 12.5 Å². The van der Waals surface area contributed by atoms with Crippen molar-refractivity contribution >= 4 is 34.7 Å². The van der Waals surface area contributed by atoms with Crippen molar-refractivity contribution in [3.63, 3.8) is 0 Å². The quantitative estimate of drug-likeness (QED) is 0.832. The van der Waals surface area contributed by atoms with Gasteiger partial charge < -0.3 is 11.1 Å². The van der Waals surface area contributed by atoms with E-state index < -0.39 is 0 Å². The summed E-state index contributed by atoms with van der Waals surface area (Å²) in [7, 11) is 0. The summed E-state index contributed by atoms with van der Waals surface area (Å²) in [5, 5.41) is 7.09. The zero-order chi connectivity index (χ0) is 14.5. The number of hydrogen-bond acceptors (Lipinski definition) is 5. The molecule has 20 heavy (non-hydrogen) atoms. The number of aryl methyl sites for hydroxylation is 1. The average molecular weight is 307 g/mol. The summed E-state index contributed by atoms with van der Waals surface area (Å²) in [6.07, 6.45) is 0. The van der Waals surface area contributed by atoms with Gasteiger partial charge in [0.15, 0.2) is 0 Å². The summed E-state index contributed by atoms with van der Waals surface area (Å²) in [5.41, 5.74) is 7.13. The first kappa shape index (κ1) is 14.5. The molecule has 0 unspecified atom stereocenters. The third-order valence-corrected chi connectivity index (χ3v) is 3.47. The second-order valence-electron chi connectivity index (χ2n) is 3.84. The maximum absolute atomic E-state index is 12.1. The summed E-state index contributed by atoms with van der Waals surface area (Å²) in [4.78, 5) is 12.6. The van der Waals surface area contributed by atoms with Gasteiger partial charge in [0.1, 0.15) is 4.88 Å². The topological polar surface area (TPSA) is 80.9 Å². The van der Waals surface area contributed by atoms with Crippen LogP contribution in [0.5, 0.6) is 0 Å². The first-order chi connectivity index (χ1) is 9.61. The third-order valence-electron chi connectivity index (χ3n) is 2.41. The number of halogens is 1. The van der Waals surface area contributed by atoms with E-state index >= 15 is 0 Å². The zero-order valence-electron chi connectivity index (χ0n) is 10.6. The number of nitrogens with zero attached hydrogens (tertiary/aromatic N) is 2. The molecule has 2 aromatic rings. The van der Waals surface area contributed by atoms with Crippen molar-refractivity contribution in [3.05, 3.63) is 39.4 Å². The van der Waals surface area contributed by atoms with Gasteiger partial charge in [0.25, 0.3) is 5.91 Å². The molecule has 1 aromatic carbocycles. The third kappa shape index (κ3) is 3.33. The average Bonchev–Trinajstić information content (AvgIpc) is 2.84. The molecular weight excluding hydrogens is 296 g/mol. The van der Waals surface area contributed by atoms with E-state index in [1.807, 2.05) is 0 Å². The fraction of sp³-hybridized carbons (Fsp3) is 0.154. The number of nitrogens with one attached hydrogen (secondary N) is 1. The normalized spacial score (nSPS) is 9.75. The number of carbonyl (C=O) groups is 1. The molecule has 1 aromatic heterocycles. The lowest BCUT2D eigenvalue weighted by atomic mass is 10.1. The first-order valence-corrected chi connectivity index (χ1v) is 6.85. The Morgan fingerprint density at radius 2 is 2.35 bits per heavy atom. The maximum Gasteiger partial charge on any atom is 0.269 e. The smallest absolute Gasteiger partial charge is 0.269 e. The van der Waals surface area contributed by atoms with Crippen LogP contribution >= 0.6 is 23.1 Å². The van der Waals surface area contributed by atoms with Crippen molar-refractivity contribution in [2.75, 3.05) is 11.9 Å². The lowest BCUT2D eigenvalue weighted by Gasteiger charge is -2.07. The monoisotopic (exact) mass is 306 g/mol. The molecule has 0 aliphatic heterocycles. The molecule has 0 atom stereocenters. The van der Waals surface area contributed by atoms with E-state index in [1.165, 1.54) is 0 Å². The molecule has 2 rings (SSSR count). The first-order valence-electron chi connectivity index (χ1n) is 5.70. The van der Waals surface area contributed by atoms with E-state index in [9.17, 15) is 4.79 Å². The van der Waals surface area contributed by atoms with Gasteiger partial charge in [0.2, 0.25) is 0 Å².